The molecule has 0 saturated carbocycles. The van der Waals surface area contributed by atoms with Crippen molar-refractivity contribution >= 4 is 12.1 Å². The molecule has 132 valence electrons. The van der Waals surface area contributed by atoms with Gasteiger partial charge in [-0.05, 0) is 63.3 Å². The molecule has 1 amide bonds. The van der Waals surface area contributed by atoms with E-state index in [4.69, 9.17) is 9.47 Å². The van der Waals surface area contributed by atoms with Gasteiger partial charge in [-0.15, -0.1) is 0 Å². The number of hydrogen-bond acceptors (Lipinski definition) is 4. The minimum Gasteiger partial charge on any atom is -0.497 e. The van der Waals surface area contributed by atoms with Gasteiger partial charge in [-0.25, -0.2) is 9.59 Å². The molecule has 0 atom stereocenters. The molecule has 6 heteroatoms. The van der Waals surface area contributed by atoms with Crippen LogP contribution in [0.25, 0.3) is 0 Å². The molecular formula is C18H25NO5. The van der Waals surface area contributed by atoms with Crippen molar-refractivity contribution in [3.05, 3.63) is 29.3 Å². The van der Waals surface area contributed by atoms with Gasteiger partial charge in [0.1, 0.15) is 11.4 Å². The summed E-state index contributed by atoms with van der Waals surface area (Å²) in [4.78, 5) is 25.3. The van der Waals surface area contributed by atoms with Crippen LogP contribution in [0.2, 0.25) is 0 Å². The predicted molar refractivity (Wildman–Crippen MR) is 89.7 cm³/mol. The van der Waals surface area contributed by atoms with Crippen LogP contribution < -0.4 is 4.74 Å². The van der Waals surface area contributed by atoms with E-state index in [0.29, 0.717) is 37.2 Å². The first-order valence-corrected chi connectivity index (χ1v) is 8.10. The topological polar surface area (TPSA) is 76.1 Å². The maximum atomic E-state index is 12.1. The summed E-state index contributed by atoms with van der Waals surface area (Å²) in [5, 5.41) is 9.40. The smallest absolute Gasteiger partial charge is 0.410 e. The van der Waals surface area contributed by atoms with Gasteiger partial charge >= 0.3 is 12.1 Å². The van der Waals surface area contributed by atoms with Crippen molar-refractivity contribution in [2.24, 2.45) is 0 Å². The number of carbonyl (C=O) groups excluding carboxylic acids is 1. The third-order valence-corrected chi connectivity index (χ3v) is 4.08. The number of amides is 1. The Morgan fingerprint density at radius 2 is 1.83 bits per heavy atom. The number of carboxylic acid groups (broad SMARTS) is 1. The van der Waals surface area contributed by atoms with Crippen molar-refractivity contribution < 1.29 is 24.2 Å². The molecule has 0 spiro atoms. The Labute approximate surface area is 142 Å². The van der Waals surface area contributed by atoms with Crippen LogP contribution in [-0.2, 0) is 4.74 Å². The summed E-state index contributed by atoms with van der Waals surface area (Å²) in [6.07, 6.45) is 1.09. The number of piperidine rings is 1. The van der Waals surface area contributed by atoms with Crippen molar-refractivity contribution in [3.63, 3.8) is 0 Å². The lowest BCUT2D eigenvalue weighted by Crippen LogP contribution is -2.41. The number of carbonyl (C=O) groups is 2. The summed E-state index contributed by atoms with van der Waals surface area (Å²) in [6.45, 7) is 6.62. The Morgan fingerprint density at radius 1 is 1.21 bits per heavy atom. The van der Waals surface area contributed by atoms with E-state index in [9.17, 15) is 14.7 Å². The second kappa shape index (κ2) is 7.11. The Balaban J connectivity index is 2.09. The normalized spacial score (nSPS) is 15.9. The molecule has 1 N–H and O–H groups in total. The Bertz CT molecular complexity index is 612. The van der Waals surface area contributed by atoms with Gasteiger partial charge < -0.3 is 19.5 Å². The second-order valence-corrected chi connectivity index (χ2v) is 7.00. The molecule has 0 unspecified atom stereocenters. The molecule has 0 aromatic heterocycles. The van der Waals surface area contributed by atoms with E-state index in [1.54, 1.807) is 30.2 Å². The van der Waals surface area contributed by atoms with Crippen molar-refractivity contribution in [2.75, 3.05) is 20.2 Å². The lowest BCUT2D eigenvalue weighted by molar-refractivity contribution is 0.0203. The van der Waals surface area contributed by atoms with Gasteiger partial charge in [0.25, 0.3) is 0 Å². The quantitative estimate of drug-likeness (QED) is 0.915. The number of methoxy groups -OCH3 is 1. The lowest BCUT2D eigenvalue weighted by atomic mass is 9.86. The predicted octanol–water partition coefficient (Wildman–Crippen LogP) is 3.51. The standard InChI is InChI=1S/C18H25NO5/c1-18(2,3)24-17(22)19-9-7-12(8-10-19)15-11-13(23-4)5-6-14(15)16(20)21/h5-6,11-12H,7-10H2,1-4H3,(H,20,21). The average molecular weight is 335 g/mol. The van der Waals surface area contributed by atoms with Gasteiger partial charge in [-0.2, -0.15) is 0 Å². The zero-order valence-corrected chi connectivity index (χ0v) is 14.7. The van der Waals surface area contributed by atoms with Crippen molar-refractivity contribution in [3.8, 4) is 5.75 Å². The monoisotopic (exact) mass is 335 g/mol. The van der Waals surface area contributed by atoms with E-state index in [0.717, 1.165) is 5.56 Å². The van der Waals surface area contributed by atoms with Crippen LogP contribution >= 0.6 is 0 Å². The number of likely N-dealkylation sites (tertiary alicyclic amines) is 1. The highest BCUT2D eigenvalue weighted by Crippen LogP contribution is 2.33. The zero-order chi connectivity index (χ0) is 17.9. The van der Waals surface area contributed by atoms with Gasteiger partial charge in [0.05, 0.1) is 12.7 Å². The fraction of sp³-hybridized carbons (Fsp3) is 0.556. The van der Waals surface area contributed by atoms with Gasteiger partial charge in [0, 0.05) is 13.1 Å². The first kappa shape index (κ1) is 18.1. The van der Waals surface area contributed by atoms with Crippen molar-refractivity contribution in [1.29, 1.82) is 0 Å². The minimum atomic E-state index is -0.942. The van der Waals surface area contributed by atoms with Crippen LogP contribution in [0.1, 0.15) is 55.5 Å². The summed E-state index contributed by atoms with van der Waals surface area (Å²) >= 11 is 0. The van der Waals surface area contributed by atoms with Crippen LogP contribution in [0.3, 0.4) is 0 Å². The first-order chi connectivity index (χ1) is 11.2. The van der Waals surface area contributed by atoms with Gasteiger partial charge in [0.15, 0.2) is 0 Å². The molecule has 1 saturated heterocycles. The Hall–Kier alpha value is -2.24. The van der Waals surface area contributed by atoms with Crippen molar-refractivity contribution in [1.82, 2.24) is 4.90 Å². The van der Waals surface area contributed by atoms with Crippen LogP contribution in [0, 0.1) is 0 Å². The molecule has 24 heavy (non-hydrogen) atoms. The number of aromatic carboxylic acids is 1. The fourth-order valence-electron chi connectivity index (χ4n) is 2.90. The highest BCUT2D eigenvalue weighted by Gasteiger charge is 2.29. The Kier molecular flexibility index (Phi) is 5.36. The fourth-order valence-corrected chi connectivity index (χ4v) is 2.90. The van der Waals surface area contributed by atoms with E-state index < -0.39 is 11.6 Å². The largest absolute Gasteiger partial charge is 0.497 e. The summed E-state index contributed by atoms with van der Waals surface area (Å²) < 4.78 is 10.6. The Morgan fingerprint density at radius 3 is 2.33 bits per heavy atom. The molecule has 1 aliphatic heterocycles. The van der Waals surface area contributed by atoms with Crippen LogP contribution in [-0.4, -0.2) is 47.9 Å². The first-order valence-electron chi connectivity index (χ1n) is 8.10. The molecule has 1 fully saturated rings. The summed E-state index contributed by atoms with van der Waals surface area (Å²) in [5.74, 6) is -0.211. The van der Waals surface area contributed by atoms with Crippen LogP contribution in [0.15, 0.2) is 18.2 Å². The second-order valence-electron chi connectivity index (χ2n) is 7.00. The summed E-state index contributed by atoms with van der Waals surface area (Å²) in [5.41, 5.74) is 0.550. The number of ether oxygens (including phenoxy) is 2. The minimum absolute atomic E-state index is 0.0879. The highest BCUT2D eigenvalue weighted by molar-refractivity contribution is 5.90. The molecular weight excluding hydrogens is 310 g/mol. The molecule has 0 aliphatic carbocycles. The van der Waals surface area contributed by atoms with Gasteiger partial charge in [-0.1, -0.05) is 0 Å². The van der Waals surface area contributed by atoms with E-state index >= 15 is 0 Å². The molecule has 6 nitrogen and oxygen atoms in total. The van der Waals surface area contributed by atoms with Crippen LogP contribution in [0.5, 0.6) is 5.75 Å². The van der Waals surface area contributed by atoms with Crippen LogP contribution in [0.4, 0.5) is 4.79 Å². The molecule has 0 bridgehead atoms. The molecule has 1 heterocycles. The molecule has 1 aromatic carbocycles. The van der Waals surface area contributed by atoms with E-state index in [1.807, 2.05) is 20.8 Å². The van der Waals surface area contributed by atoms with E-state index in [2.05, 4.69) is 0 Å². The van der Waals surface area contributed by atoms with E-state index in [1.165, 1.54) is 0 Å². The number of nitrogens with zero attached hydrogens (tertiary/aromatic N) is 1. The number of hydrogen-bond donors (Lipinski definition) is 1. The maximum Gasteiger partial charge on any atom is 0.410 e. The van der Waals surface area contributed by atoms with Crippen molar-refractivity contribution in [2.45, 2.75) is 45.1 Å². The van der Waals surface area contributed by atoms with E-state index in [-0.39, 0.29) is 12.0 Å². The maximum absolute atomic E-state index is 12.1. The highest BCUT2D eigenvalue weighted by atomic mass is 16.6. The third kappa shape index (κ3) is 4.40. The number of rotatable bonds is 3. The summed E-state index contributed by atoms with van der Waals surface area (Å²) in [7, 11) is 1.56. The van der Waals surface area contributed by atoms with Gasteiger partial charge in [-0.3, -0.25) is 0 Å². The zero-order valence-electron chi connectivity index (χ0n) is 14.7. The summed E-state index contributed by atoms with van der Waals surface area (Å²) in [6, 6.07) is 5.02. The molecule has 2 rings (SSSR count). The molecule has 0 radical (unpaired) electrons. The van der Waals surface area contributed by atoms with Gasteiger partial charge in [0.2, 0.25) is 0 Å². The average Bonchev–Trinajstić information content (AvgIpc) is 2.52. The molecule has 1 aromatic rings. The SMILES string of the molecule is COc1ccc(C(=O)O)c(C2CCN(C(=O)OC(C)(C)C)CC2)c1. The number of benzene rings is 1. The third-order valence-electron chi connectivity index (χ3n) is 4.08. The number of carboxylic acids is 1. The molecule has 1 aliphatic rings. The lowest BCUT2D eigenvalue weighted by Gasteiger charge is -2.34.